The summed E-state index contributed by atoms with van der Waals surface area (Å²) in [6.07, 6.45) is 1.06. The molecule has 0 aromatic heterocycles. The smallest absolute Gasteiger partial charge is 0.338 e. The first-order chi connectivity index (χ1) is 11.3. The molecule has 1 aromatic rings. The van der Waals surface area contributed by atoms with Gasteiger partial charge in [-0.1, -0.05) is 26.0 Å². The number of fused-ring (bicyclic) bond motifs is 1. The molecule has 0 N–H and O–H groups in total. The summed E-state index contributed by atoms with van der Waals surface area (Å²) < 4.78 is 10.3. The SMILES string of the molecule is COC[C@@]12CN(C(=O)c3ccccc3C(=O)OC)C[C@@H]1C(C)(C)C2. The lowest BCUT2D eigenvalue weighted by molar-refractivity contribution is -0.107. The van der Waals surface area contributed by atoms with Crippen LogP contribution in [0.2, 0.25) is 0 Å². The number of carbonyl (C=O) groups is 2. The van der Waals surface area contributed by atoms with E-state index in [9.17, 15) is 9.59 Å². The Morgan fingerprint density at radius 3 is 2.46 bits per heavy atom. The topological polar surface area (TPSA) is 55.8 Å². The molecule has 5 heteroatoms. The number of likely N-dealkylation sites (tertiary alicyclic amines) is 1. The van der Waals surface area contributed by atoms with Gasteiger partial charge in [0.25, 0.3) is 5.91 Å². The van der Waals surface area contributed by atoms with Gasteiger partial charge >= 0.3 is 5.97 Å². The summed E-state index contributed by atoms with van der Waals surface area (Å²) in [5.41, 5.74) is 1.00. The number of carbonyl (C=O) groups excluding carboxylic acids is 2. The van der Waals surface area contributed by atoms with Crippen molar-refractivity contribution in [2.24, 2.45) is 16.7 Å². The maximum Gasteiger partial charge on any atom is 0.338 e. The van der Waals surface area contributed by atoms with Gasteiger partial charge in [-0.15, -0.1) is 0 Å². The average molecular weight is 331 g/mol. The molecule has 1 saturated carbocycles. The fourth-order valence-electron chi connectivity index (χ4n) is 4.89. The van der Waals surface area contributed by atoms with Crippen LogP contribution in [0.3, 0.4) is 0 Å². The largest absolute Gasteiger partial charge is 0.465 e. The van der Waals surface area contributed by atoms with Gasteiger partial charge in [0.05, 0.1) is 24.8 Å². The van der Waals surface area contributed by atoms with E-state index in [2.05, 4.69) is 13.8 Å². The van der Waals surface area contributed by atoms with Crippen molar-refractivity contribution in [1.29, 1.82) is 0 Å². The van der Waals surface area contributed by atoms with Gasteiger partial charge in [-0.3, -0.25) is 4.79 Å². The maximum atomic E-state index is 13.0. The van der Waals surface area contributed by atoms with Crippen LogP contribution in [0.1, 0.15) is 41.0 Å². The fraction of sp³-hybridized carbons (Fsp3) is 0.579. The van der Waals surface area contributed by atoms with E-state index >= 15 is 0 Å². The third kappa shape index (κ3) is 2.51. The number of hydrogen-bond acceptors (Lipinski definition) is 4. The zero-order chi connectivity index (χ0) is 17.5. The molecule has 1 saturated heterocycles. The normalized spacial score (nSPS) is 27.3. The van der Waals surface area contributed by atoms with Gasteiger partial charge in [0.15, 0.2) is 0 Å². The van der Waals surface area contributed by atoms with Crippen LogP contribution in [-0.4, -0.2) is 50.7 Å². The van der Waals surface area contributed by atoms with Crippen LogP contribution in [-0.2, 0) is 9.47 Å². The fourth-order valence-corrected chi connectivity index (χ4v) is 4.89. The van der Waals surface area contributed by atoms with Crippen molar-refractivity contribution in [3.05, 3.63) is 35.4 Å². The highest BCUT2D eigenvalue weighted by molar-refractivity contribution is 6.05. The molecule has 0 radical (unpaired) electrons. The van der Waals surface area contributed by atoms with Gasteiger partial charge in [-0.25, -0.2) is 4.79 Å². The van der Waals surface area contributed by atoms with Gasteiger partial charge in [-0.2, -0.15) is 0 Å². The van der Waals surface area contributed by atoms with Crippen molar-refractivity contribution < 1.29 is 19.1 Å². The van der Waals surface area contributed by atoms with Gasteiger partial charge in [0.2, 0.25) is 0 Å². The van der Waals surface area contributed by atoms with E-state index < -0.39 is 5.97 Å². The van der Waals surface area contributed by atoms with Crippen LogP contribution in [0.5, 0.6) is 0 Å². The molecule has 2 aliphatic rings. The first-order valence-electron chi connectivity index (χ1n) is 8.30. The van der Waals surface area contributed by atoms with Crippen molar-refractivity contribution >= 4 is 11.9 Å². The van der Waals surface area contributed by atoms with Gasteiger partial charge in [-0.05, 0) is 29.9 Å². The lowest BCUT2D eigenvalue weighted by Gasteiger charge is -2.56. The summed E-state index contributed by atoms with van der Waals surface area (Å²) in [6.45, 7) is 6.57. The number of hydrogen-bond donors (Lipinski definition) is 0. The average Bonchev–Trinajstić information content (AvgIpc) is 2.88. The number of nitrogens with zero attached hydrogens (tertiary/aromatic N) is 1. The molecular formula is C19H25NO4. The third-order valence-corrected chi connectivity index (χ3v) is 5.68. The quantitative estimate of drug-likeness (QED) is 0.796. The molecule has 1 heterocycles. The molecular weight excluding hydrogens is 306 g/mol. The van der Waals surface area contributed by atoms with Crippen LogP contribution in [0, 0.1) is 16.7 Å². The van der Waals surface area contributed by atoms with Crippen molar-refractivity contribution in [2.75, 3.05) is 33.9 Å². The van der Waals surface area contributed by atoms with Crippen molar-refractivity contribution in [3.63, 3.8) is 0 Å². The highest BCUT2D eigenvalue weighted by Crippen LogP contribution is 2.62. The number of ether oxygens (including phenoxy) is 2. The molecule has 1 aromatic carbocycles. The minimum Gasteiger partial charge on any atom is -0.465 e. The first kappa shape index (κ1) is 17.0. The Morgan fingerprint density at radius 1 is 1.21 bits per heavy atom. The zero-order valence-corrected chi connectivity index (χ0v) is 14.8. The number of methoxy groups -OCH3 is 2. The minimum atomic E-state index is -0.479. The van der Waals surface area contributed by atoms with Gasteiger partial charge in [0, 0.05) is 25.6 Å². The highest BCUT2D eigenvalue weighted by Gasteiger charge is 2.63. The molecule has 24 heavy (non-hydrogen) atoms. The van der Waals surface area contributed by atoms with Gasteiger partial charge in [0.1, 0.15) is 0 Å². The molecule has 130 valence electrons. The first-order valence-corrected chi connectivity index (χ1v) is 8.30. The van der Waals surface area contributed by atoms with E-state index in [1.165, 1.54) is 7.11 Å². The second-order valence-electron chi connectivity index (χ2n) is 7.74. The van der Waals surface area contributed by atoms with Gasteiger partial charge < -0.3 is 14.4 Å². The van der Waals surface area contributed by atoms with Crippen LogP contribution >= 0.6 is 0 Å². The number of esters is 1. The molecule has 0 spiro atoms. The van der Waals surface area contributed by atoms with E-state index in [0.717, 1.165) is 6.42 Å². The summed E-state index contributed by atoms with van der Waals surface area (Å²) >= 11 is 0. The second-order valence-corrected chi connectivity index (χ2v) is 7.74. The van der Waals surface area contributed by atoms with Crippen LogP contribution < -0.4 is 0 Å². The summed E-state index contributed by atoms with van der Waals surface area (Å²) in [5, 5.41) is 0. The molecule has 2 fully saturated rings. The highest BCUT2D eigenvalue weighted by atomic mass is 16.5. The Hall–Kier alpha value is -1.88. The summed E-state index contributed by atoms with van der Waals surface area (Å²) in [7, 11) is 3.05. The van der Waals surface area contributed by atoms with Crippen molar-refractivity contribution in [3.8, 4) is 0 Å². The Kier molecular flexibility index (Phi) is 4.16. The maximum absolute atomic E-state index is 13.0. The lowest BCUT2D eigenvalue weighted by Crippen LogP contribution is -2.55. The summed E-state index contributed by atoms with van der Waals surface area (Å²) in [5.74, 6) is -0.149. The van der Waals surface area contributed by atoms with E-state index in [4.69, 9.17) is 9.47 Å². The molecule has 2 atom stereocenters. The zero-order valence-electron chi connectivity index (χ0n) is 14.8. The Bertz CT molecular complexity index is 669. The number of rotatable bonds is 4. The monoisotopic (exact) mass is 331 g/mol. The Labute approximate surface area is 142 Å². The molecule has 0 unspecified atom stereocenters. The minimum absolute atomic E-state index is 0.0497. The van der Waals surface area contributed by atoms with E-state index in [-0.39, 0.29) is 16.7 Å². The lowest BCUT2D eigenvalue weighted by atomic mass is 9.48. The Balaban J connectivity index is 1.87. The second kappa shape index (κ2) is 5.88. The van der Waals surface area contributed by atoms with E-state index in [1.807, 2.05) is 4.90 Å². The van der Waals surface area contributed by atoms with Crippen molar-refractivity contribution in [1.82, 2.24) is 4.90 Å². The predicted octanol–water partition coefficient (Wildman–Crippen LogP) is 2.61. The number of amides is 1. The van der Waals surface area contributed by atoms with E-state index in [0.29, 0.717) is 36.7 Å². The third-order valence-electron chi connectivity index (χ3n) is 5.68. The molecule has 0 bridgehead atoms. The van der Waals surface area contributed by atoms with Crippen LogP contribution in [0.25, 0.3) is 0 Å². The molecule has 1 aliphatic heterocycles. The van der Waals surface area contributed by atoms with Crippen LogP contribution in [0.4, 0.5) is 0 Å². The van der Waals surface area contributed by atoms with E-state index in [1.54, 1.807) is 31.4 Å². The Morgan fingerprint density at radius 2 is 1.88 bits per heavy atom. The van der Waals surface area contributed by atoms with Crippen molar-refractivity contribution in [2.45, 2.75) is 20.3 Å². The molecule has 1 amide bonds. The molecule has 5 nitrogen and oxygen atoms in total. The molecule has 1 aliphatic carbocycles. The predicted molar refractivity (Wildman–Crippen MR) is 89.9 cm³/mol. The molecule has 3 rings (SSSR count). The standard InChI is InChI=1S/C19H25NO4/c1-18(2)10-19(12-23-3)11-20(9-15(18)19)16(21)13-7-5-6-8-14(13)17(22)24-4/h5-8,15H,9-12H2,1-4H3/t15-,19-/m1/s1. The summed E-state index contributed by atoms with van der Waals surface area (Å²) in [4.78, 5) is 26.9. The van der Waals surface area contributed by atoms with Crippen LogP contribution in [0.15, 0.2) is 24.3 Å². The summed E-state index contributed by atoms with van der Waals surface area (Å²) in [6, 6.07) is 6.85. The number of benzene rings is 1.